The summed E-state index contributed by atoms with van der Waals surface area (Å²) in [4.78, 5) is 52.0. The van der Waals surface area contributed by atoms with Crippen molar-refractivity contribution < 1.29 is 19.2 Å². The number of ketones is 2. The molecule has 6 nitrogen and oxygen atoms in total. The Morgan fingerprint density at radius 2 is 0.368 bits per heavy atom. The van der Waals surface area contributed by atoms with Gasteiger partial charge in [-0.25, -0.2) is 0 Å². The number of carbonyl (C=O) groups excluding carboxylic acids is 4. The molecule has 0 aromatic carbocycles. The first kappa shape index (κ1) is 74.4. The SMILES string of the molecule is CCCCCCCCCCCCCCCCCC(=O)CCCCCCCCCCCCCCCC(=O)N(CCN)C(=O)CCCCCCCCCCCCCCCC(=O)CCCCCCCCCCCCCCCCC. The van der Waals surface area contributed by atoms with E-state index in [0.717, 1.165) is 77.0 Å². The monoisotopic (exact) mass is 1070 g/mol. The van der Waals surface area contributed by atoms with E-state index in [9.17, 15) is 19.2 Å². The lowest BCUT2D eigenvalue weighted by molar-refractivity contribution is -0.145. The van der Waals surface area contributed by atoms with E-state index in [1.807, 2.05) is 0 Å². The first-order valence-electron chi connectivity index (χ1n) is 35.0. The molecular formula is C70H136N2O4. The number of rotatable bonds is 66. The number of nitrogens with two attached hydrogens (primary N) is 1. The fourth-order valence-corrected chi connectivity index (χ4v) is 11.5. The van der Waals surface area contributed by atoms with E-state index < -0.39 is 0 Å². The van der Waals surface area contributed by atoms with Crippen LogP contribution in [0.4, 0.5) is 0 Å². The highest BCUT2D eigenvalue weighted by atomic mass is 16.2. The van der Waals surface area contributed by atoms with Gasteiger partial charge in [-0.2, -0.15) is 0 Å². The van der Waals surface area contributed by atoms with E-state index in [-0.39, 0.29) is 11.8 Å². The lowest BCUT2D eigenvalue weighted by atomic mass is 10.0. The largest absolute Gasteiger partial charge is 0.329 e. The van der Waals surface area contributed by atoms with Crippen LogP contribution < -0.4 is 5.73 Å². The average Bonchev–Trinajstić information content (AvgIpc) is 3.42. The minimum Gasteiger partial charge on any atom is -0.329 e. The summed E-state index contributed by atoms with van der Waals surface area (Å²) in [6.07, 6.45) is 76.7. The standard InChI is InChI=1S/C70H136N2O4/c1-3-5-7-9-11-13-15-17-19-23-29-35-41-47-53-59-67(73)61-55-49-43-37-31-25-21-27-33-39-45-51-57-63-69(75)72(66-65-71)70(76)64-58-52-46-40-34-28-22-26-32-38-44-50-56-62-68(74)60-54-48-42-36-30-24-20-18-16-14-12-10-8-6-4-2/h3-66,71H2,1-2H3. The maximum Gasteiger partial charge on any atom is 0.229 e. The van der Waals surface area contributed by atoms with Gasteiger partial charge in [-0.05, 0) is 38.5 Å². The van der Waals surface area contributed by atoms with Gasteiger partial charge < -0.3 is 5.73 Å². The zero-order valence-corrected chi connectivity index (χ0v) is 51.9. The summed E-state index contributed by atoms with van der Waals surface area (Å²) < 4.78 is 0. The third-order valence-corrected chi connectivity index (χ3v) is 16.8. The summed E-state index contributed by atoms with van der Waals surface area (Å²) in [6, 6.07) is 0. The van der Waals surface area contributed by atoms with E-state index in [4.69, 9.17) is 5.73 Å². The lowest BCUT2D eigenvalue weighted by Gasteiger charge is -2.20. The van der Waals surface area contributed by atoms with Crippen molar-refractivity contribution in [1.82, 2.24) is 4.90 Å². The molecule has 76 heavy (non-hydrogen) atoms. The summed E-state index contributed by atoms with van der Waals surface area (Å²) in [5.74, 6) is 0.919. The van der Waals surface area contributed by atoms with Crippen LogP contribution in [0.1, 0.15) is 412 Å². The fraction of sp³-hybridized carbons (Fsp3) is 0.943. The highest BCUT2D eigenvalue weighted by Crippen LogP contribution is 2.20. The predicted octanol–water partition coefficient (Wildman–Crippen LogP) is 22.7. The minimum absolute atomic E-state index is 0.0340. The Kier molecular flexibility index (Phi) is 62.9. The number of hydrogen-bond donors (Lipinski definition) is 1. The normalized spacial score (nSPS) is 11.5. The molecule has 0 rings (SSSR count). The summed E-state index contributed by atoms with van der Waals surface area (Å²) >= 11 is 0. The quantitative estimate of drug-likeness (QED) is 0.0612. The first-order valence-corrected chi connectivity index (χ1v) is 35.0. The van der Waals surface area contributed by atoms with Crippen LogP contribution >= 0.6 is 0 Å². The number of imide groups is 1. The molecule has 0 aromatic rings. The zero-order chi connectivity index (χ0) is 55.1. The van der Waals surface area contributed by atoms with Gasteiger partial charge in [-0.15, -0.1) is 0 Å². The van der Waals surface area contributed by atoms with Gasteiger partial charge >= 0.3 is 0 Å². The third kappa shape index (κ3) is 58.6. The summed E-state index contributed by atoms with van der Waals surface area (Å²) in [6.45, 7) is 5.26. The van der Waals surface area contributed by atoms with Gasteiger partial charge in [-0.3, -0.25) is 24.1 Å². The molecule has 0 heterocycles. The zero-order valence-electron chi connectivity index (χ0n) is 51.9. The van der Waals surface area contributed by atoms with Crippen molar-refractivity contribution >= 4 is 23.4 Å². The van der Waals surface area contributed by atoms with Gasteiger partial charge in [-0.1, -0.05) is 335 Å². The van der Waals surface area contributed by atoms with Gasteiger partial charge in [0.1, 0.15) is 11.6 Å². The maximum absolute atomic E-state index is 13.0. The maximum atomic E-state index is 13.0. The van der Waals surface area contributed by atoms with E-state index >= 15 is 0 Å². The molecule has 2 amide bonds. The van der Waals surface area contributed by atoms with Gasteiger partial charge in [0.25, 0.3) is 0 Å². The summed E-state index contributed by atoms with van der Waals surface area (Å²) in [5, 5.41) is 0. The van der Waals surface area contributed by atoms with Crippen LogP contribution in [-0.4, -0.2) is 41.4 Å². The lowest BCUT2D eigenvalue weighted by Crippen LogP contribution is -2.40. The second-order valence-corrected chi connectivity index (χ2v) is 24.4. The van der Waals surface area contributed by atoms with Crippen LogP contribution in [0.25, 0.3) is 0 Å². The molecule has 0 unspecified atom stereocenters. The Morgan fingerprint density at radius 1 is 0.224 bits per heavy atom. The Labute approximate surface area is 476 Å². The van der Waals surface area contributed by atoms with Crippen LogP contribution in [0, 0.1) is 0 Å². The number of carbonyl (C=O) groups is 4. The first-order chi connectivity index (χ1) is 37.5. The second kappa shape index (κ2) is 64.3. The summed E-state index contributed by atoms with van der Waals surface area (Å²) in [7, 11) is 0. The van der Waals surface area contributed by atoms with Crippen molar-refractivity contribution in [2.24, 2.45) is 5.73 Å². The molecule has 0 aliphatic heterocycles. The Balaban J connectivity index is 3.52. The van der Waals surface area contributed by atoms with Crippen molar-refractivity contribution in [3.8, 4) is 0 Å². The van der Waals surface area contributed by atoms with Crippen LogP contribution in [-0.2, 0) is 19.2 Å². The fourth-order valence-electron chi connectivity index (χ4n) is 11.5. The van der Waals surface area contributed by atoms with Gasteiger partial charge in [0.15, 0.2) is 0 Å². The van der Waals surface area contributed by atoms with Crippen molar-refractivity contribution in [2.45, 2.75) is 412 Å². The smallest absolute Gasteiger partial charge is 0.229 e. The number of Topliss-reactive ketones (excluding diaryl/α,β-unsaturated/α-hetero) is 2. The molecule has 0 saturated carbocycles. The van der Waals surface area contributed by atoms with Crippen LogP contribution in [0.3, 0.4) is 0 Å². The van der Waals surface area contributed by atoms with Crippen molar-refractivity contribution in [1.29, 1.82) is 0 Å². The Bertz CT molecular complexity index is 1120. The number of nitrogens with zero attached hydrogens (tertiary/aromatic N) is 1. The summed E-state index contributed by atoms with van der Waals surface area (Å²) in [5.41, 5.74) is 5.81. The molecule has 6 heteroatoms. The number of hydrogen-bond acceptors (Lipinski definition) is 5. The molecular weight excluding hydrogens is 933 g/mol. The molecule has 0 fully saturated rings. The molecule has 2 N–H and O–H groups in total. The van der Waals surface area contributed by atoms with Gasteiger partial charge in [0, 0.05) is 51.6 Å². The Morgan fingerprint density at radius 3 is 0.526 bits per heavy atom. The third-order valence-electron chi connectivity index (χ3n) is 16.8. The van der Waals surface area contributed by atoms with Gasteiger partial charge in [0.05, 0.1) is 0 Å². The number of amides is 2. The average molecular weight is 1070 g/mol. The predicted molar refractivity (Wildman–Crippen MR) is 333 cm³/mol. The molecule has 0 aliphatic rings. The van der Waals surface area contributed by atoms with E-state index in [1.165, 1.54) is 313 Å². The van der Waals surface area contributed by atoms with E-state index in [1.54, 1.807) is 0 Å². The Hall–Kier alpha value is -1.56. The molecule has 0 atom stereocenters. The molecule has 0 saturated heterocycles. The van der Waals surface area contributed by atoms with Crippen molar-refractivity contribution in [3.63, 3.8) is 0 Å². The van der Waals surface area contributed by atoms with Gasteiger partial charge in [0.2, 0.25) is 11.8 Å². The molecule has 0 aliphatic carbocycles. The molecule has 0 aromatic heterocycles. The molecule has 0 radical (unpaired) electrons. The van der Waals surface area contributed by atoms with Crippen LogP contribution in [0.2, 0.25) is 0 Å². The highest BCUT2D eigenvalue weighted by Gasteiger charge is 2.19. The van der Waals surface area contributed by atoms with Crippen molar-refractivity contribution in [2.75, 3.05) is 13.1 Å². The molecule has 450 valence electrons. The number of unbranched alkanes of at least 4 members (excludes halogenated alkanes) is 52. The minimum atomic E-state index is -0.0340. The molecule has 0 bridgehead atoms. The van der Waals surface area contributed by atoms with Crippen LogP contribution in [0.5, 0.6) is 0 Å². The van der Waals surface area contributed by atoms with Crippen molar-refractivity contribution in [3.05, 3.63) is 0 Å². The van der Waals surface area contributed by atoms with Crippen LogP contribution in [0.15, 0.2) is 0 Å². The van der Waals surface area contributed by atoms with E-state index in [2.05, 4.69) is 13.8 Å². The van der Waals surface area contributed by atoms with E-state index in [0.29, 0.717) is 37.5 Å². The molecule has 0 spiro atoms. The topological polar surface area (TPSA) is 97.5 Å². The highest BCUT2D eigenvalue weighted by molar-refractivity contribution is 5.95. The second-order valence-electron chi connectivity index (χ2n) is 24.4.